The number of hydrogen-bond donors (Lipinski definition) is 1. The van der Waals surface area contributed by atoms with Crippen LogP contribution in [0.25, 0.3) is 0 Å². The summed E-state index contributed by atoms with van der Waals surface area (Å²) >= 11 is 0. The maximum Gasteiger partial charge on any atom is 0.267 e. The van der Waals surface area contributed by atoms with Crippen molar-refractivity contribution in [2.45, 2.75) is 20.8 Å². The Hall–Kier alpha value is -2.32. The van der Waals surface area contributed by atoms with E-state index in [-0.39, 0.29) is 11.5 Å². The highest BCUT2D eigenvalue weighted by molar-refractivity contribution is 6.07. The minimum absolute atomic E-state index is 0.112. The lowest BCUT2D eigenvalue weighted by Crippen LogP contribution is -2.33. The molecule has 1 saturated heterocycles. The van der Waals surface area contributed by atoms with Gasteiger partial charge in [-0.25, -0.2) is 0 Å². The van der Waals surface area contributed by atoms with E-state index in [2.05, 4.69) is 5.32 Å². The molecule has 116 valence electrons. The van der Waals surface area contributed by atoms with Crippen LogP contribution in [0.1, 0.15) is 16.7 Å². The zero-order valence-corrected chi connectivity index (χ0v) is 13.3. The summed E-state index contributed by atoms with van der Waals surface area (Å²) in [4.78, 5) is 14.3. The number of amides is 1. The van der Waals surface area contributed by atoms with Crippen molar-refractivity contribution in [1.82, 2.24) is 4.90 Å². The van der Waals surface area contributed by atoms with Gasteiger partial charge in [-0.15, -0.1) is 0 Å². The fourth-order valence-corrected chi connectivity index (χ4v) is 2.59. The molecule has 0 bridgehead atoms. The minimum Gasteiger partial charge on any atom is -0.378 e. The highest BCUT2D eigenvalue weighted by Gasteiger charge is 2.15. The molecular formula is C17H21N3O2. The fraction of sp³-hybridized carbons (Fsp3) is 0.412. The van der Waals surface area contributed by atoms with Crippen LogP contribution >= 0.6 is 0 Å². The van der Waals surface area contributed by atoms with E-state index in [9.17, 15) is 10.1 Å². The Morgan fingerprint density at radius 3 is 2.41 bits per heavy atom. The topological polar surface area (TPSA) is 65.4 Å². The number of morpholine rings is 1. The van der Waals surface area contributed by atoms with E-state index < -0.39 is 0 Å². The number of carbonyl (C=O) groups excluding carboxylic acids is 1. The van der Waals surface area contributed by atoms with Gasteiger partial charge in [-0.1, -0.05) is 17.7 Å². The van der Waals surface area contributed by atoms with Gasteiger partial charge in [0.1, 0.15) is 11.6 Å². The summed E-state index contributed by atoms with van der Waals surface area (Å²) in [5, 5.41) is 12.1. The zero-order chi connectivity index (χ0) is 16.1. The molecule has 22 heavy (non-hydrogen) atoms. The lowest BCUT2D eigenvalue weighted by Gasteiger charge is -2.25. The second kappa shape index (κ2) is 7.10. The highest BCUT2D eigenvalue weighted by atomic mass is 16.5. The van der Waals surface area contributed by atoms with E-state index in [1.165, 1.54) is 0 Å². The molecule has 1 aromatic rings. The first-order valence-corrected chi connectivity index (χ1v) is 7.34. The Bertz CT molecular complexity index is 615. The Kier molecular flexibility index (Phi) is 5.18. The van der Waals surface area contributed by atoms with Crippen molar-refractivity contribution in [3.05, 3.63) is 40.6 Å². The maximum atomic E-state index is 12.3. The van der Waals surface area contributed by atoms with E-state index in [4.69, 9.17) is 4.74 Å². The smallest absolute Gasteiger partial charge is 0.267 e. The molecule has 1 heterocycles. The van der Waals surface area contributed by atoms with Crippen molar-refractivity contribution >= 4 is 11.6 Å². The normalized spacial score (nSPS) is 15.4. The predicted molar refractivity (Wildman–Crippen MR) is 85.4 cm³/mol. The van der Waals surface area contributed by atoms with E-state index in [0.29, 0.717) is 26.3 Å². The zero-order valence-electron chi connectivity index (χ0n) is 13.3. The number of benzene rings is 1. The van der Waals surface area contributed by atoms with Gasteiger partial charge in [0.15, 0.2) is 0 Å². The maximum absolute atomic E-state index is 12.3. The van der Waals surface area contributed by atoms with Crippen LogP contribution in [0.3, 0.4) is 0 Å². The summed E-state index contributed by atoms with van der Waals surface area (Å²) in [6.07, 6.45) is 1.62. The van der Waals surface area contributed by atoms with Crippen LogP contribution in [0.4, 0.5) is 5.69 Å². The molecule has 1 amide bonds. The molecule has 0 saturated carbocycles. The number of nitriles is 1. The molecule has 0 aliphatic carbocycles. The third-order valence-electron chi connectivity index (χ3n) is 3.64. The largest absolute Gasteiger partial charge is 0.378 e. The molecule has 1 fully saturated rings. The molecule has 0 atom stereocenters. The Morgan fingerprint density at radius 1 is 1.27 bits per heavy atom. The molecule has 0 spiro atoms. The number of ether oxygens (including phenoxy) is 1. The standard InChI is InChI=1S/C17H21N3O2/c1-12-8-13(2)16(14(3)9-12)19-17(21)15(10-18)11-20-4-6-22-7-5-20/h8-9,11H,4-7H2,1-3H3,(H,19,21)/b15-11-. The second-order valence-electron chi connectivity index (χ2n) is 5.53. The average molecular weight is 299 g/mol. The number of aryl methyl sites for hydroxylation is 3. The second-order valence-corrected chi connectivity index (χ2v) is 5.53. The first-order chi connectivity index (χ1) is 10.5. The van der Waals surface area contributed by atoms with Crippen molar-refractivity contribution in [2.75, 3.05) is 31.6 Å². The molecule has 1 aliphatic rings. The molecule has 5 heteroatoms. The molecule has 2 rings (SSSR count). The van der Waals surface area contributed by atoms with Crippen molar-refractivity contribution in [2.24, 2.45) is 0 Å². The molecule has 1 aliphatic heterocycles. The summed E-state index contributed by atoms with van der Waals surface area (Å²) in [5.74, 6) is -0.371. The highest BCUT2D eigenvalue weighted by Crippen LogP contribution is 2.22. The Balaban J connectivity index is 2.16. The van der Waals surface area contributed by atoms with Crippen LogP contribution in [0.2, 0.25) is 0 Å². The van der Waals surface area contributed by atoms with Crippen molar-refractivity contribution in [1.29, 1.82) is 5.26 Å². The van der Waals surface area contributed by atoms with Gasteiger partial charge in [-0.3, -0.25) is 4.79 Å². The lowest BCUT2D eigenvalue weighted by molar-refractivity contribution is -0.112. The van der Waals surface area contributed by atoms with Gasteiger partial charge in [0.05, 0.1) is 13.2 Å². The molecule has 0 radical (unpaired) electrons. The van der Waals surface area contributed by atoms with Crippen LogP contribution in [-0.4, -0.2) is 37.1 Å². The number of nitrogens with one attached hydrogen (secondary N) is 1. The SMILES string of the molecule is Cc1cc(C)c(NC(=O)/C(C#N)=C\N2CCOCC2)c(C)c1. The van der Waals surface area contributed by atoms with Gasteiger partial charge in [0.2, 0.25) is 0 Å². The number of hydrogen-bond acceptors (Lipinski definition) is 4. The van der Waals surface area contributed by atoms with Crippen LogP contribution in [0, 0.1) is 32.1 Å². The van der Waals surface area contributed by atoms with E-state index in [1.807, 2.05) is 43.9 Å². The molecule has 5 nitrogen and oxygen atoms in total. The van der Waals surface area contributed by atoms with Crippen LogP contribution in [-0.2, 0) is 9.53 Å². The monoisotopic (exact) mass is 299 g/mol. The third-order valence-corrected chi connectivity index (χ3v) is 3.64. The van der Waals surface area contributed by atoms with Crippen LogP contribution in [0.15, 0.2) is 23.9 Å². The predicted octanol–water partition coefficient (Wildman–Crippen LogP) is 2.29. The van der Waals surface area contributed by atoms with E-state index >= 15 is 0 Å². The lowest BCUT2D eigenvalue weighted by atomic mass is 10.0. The van der Waals surface area contributed by atoms with Gasteiger partial charge in [0.25, 0.3) is 5.91 Å². The first kappa shape index (κ1) is 16.1. The summed E-state index contributed by atoms with van der Waals surface area (Å²) in [6.45, 7) is 8.55. The Labute approximate surface area is 131 Å². The number of anilines is 1. The quantitative estimate of drug-likeness (QED) is 0.687. The van der Waals surface area contributed by atoms with Crippen molar-refractivity contribution in [3.8, 4) is 6.07 Å². The Morgan fingerprint density at radius 2 is 1.86 bits per heavy atom. The van der Waals surface area contributed by atoms with Gasteiger partial charge >= 0.3 is 0 Å². The number of nitrogens with zero attached hydrogens (tertiary/aromatic N) is 2. The minimum atomic E-state index is -0.371. The number of carbonyl (C=O) groups is 1. The van der Waals surface area contributed by atoms with E-state index in [0.717, 1.165) is 22.4 Å². The first-order valence-electron chi connectivity index (χ1n) is 7.34. The summed E-state index contributed by atoms with van der Waals surface area (Å²) < 4.78 is 5.26. The van der Waals surface area contributed by atoms with E-state index in [1.54, 1.807) is 6.20 Å². The molecule has 0 aromatic heterocycles. The number of rotatable bonds is 3. The third kappa shape index (κ3) is 3.86. The van der Waals surface area contributed by atoms with Crippen molar-refractivity contribution < 1.29 is 9.53 Å². The van der Waals surface area contributed by atoms with Gasteiger partial charge < -0.3 is 15.0 Å². The van der Waals surface area contributed by atoms with Gasteiger partial charge in [0, 0.05) is 25.0 Å². The molecular weight excluding hydrogens is 278 g/mol. The van der Waals surface area contributed by atoms with Gasteiger partial charge in [-0.2, -0.15) is 5.26 Å². The molecule has 1 aromatic carbocycles. The molecule has 0 unspecified atom stereocenters. The summed E-state index contributed by atoms with van der Waals surface area (Å²) in [5.41, 5.74) is 4.03. The summed E-state index contributed by atoms with van der Waals surface area (Å²) in [6, 6.07) is 6.01. The average Bonchev–Trinajstić information content (AvgIpc) is 2.49. The summed E-state index contributed by atoms with van der Waals surface area (Å²) in [7, 11) is 0. The van der Waals surface area contributed by atoms with Crippen molar-refractivity contribution in [3.63, 3.8) is 0 Å². The fourth-order valence-electron chi connectivity index (χ4n) is 2.59. The van der Waals surface area contributed by atoms with Crippen LogP contribution < -0.4 is 5.32 Å². The molecule has 1 N–H and O–H groups in total. The van der Waals surface area contributed by atoms with Crippen LogP contribution in [0.5, 0.6) is 0 Å². The van der Waals surface area contributed by atoms with Gasteiger partial charge in [-0.05, 0) is 31.9 Å².